The monoisotopic (exact) mass is 219 g/mol. The SMILES string of the molecule is O=C(CC1CCCCN1)c1ccccc1O. The van der Waals surface area contributed by atoms with Crippen LogP contribution in [0.1, 0.15) is 36.0 Å². The molecule has 1 aliphatic rings. The molecule has 1 saturated heterocycles. The minimum Gasteiger partial charge on any atom is -0.507 e. The number of phenolic OH excluding ortho intramolecular Hbond substituents is 1. The van der Waals surface area contributed by atoms with Crippen LogP contribution in [0.5, 0.6) is 5.75 Å². The number of hydrogen-bond donors (Lipinski definition) is 2. The highest BCUT2D eigenvalue weighted by Crippen LogP contribution is 2.20. The molecule has 2 N–H and O–H groups in total. The summed E-state index contributed by atoms with van der Waals surface area (Å²) in [6.45, 7) is 0.999. The zero-order valence-corrected chi connectivity index (χ0v) is 9.28. The standard InChI is InChI=1S/C13H17NO2/c15-12-7-2-1-6-11(12)13(16)9-10-5-3-4-8-14-10/h1-2,6-7,10,14-15H,3-5,8-9H2. The molecule has 0 spiro atoms. The normalized spacial score (nSPS) is 20.6. The summed E-state index contributed by atoms with van der Waals surface area (Å²) in [5.74, 6) is 0.112. The molecule has 0 saturated carbocycles. The first-order chi connectivity index (χ1) is 7.77. The minimum atomic E-state index is 0.0255. The summed E-state index contributed by atoms with van der Waals surface area (Å²) in [7, 11) is 0. The molecule has 86 valence electrons. The molecule has 1 aromatic rings. The van der Waals surface area contributed by atoms with E-state index in [1.807, 2.05) is 0 Å². The van der Waals surface area contributed by atoms with Gasteiger partial charge in [-0.25, -0.2) is 0 Å². The first-order valence-electron chi connectivity index (χ1n) is 5.82. The van der Waals surface area contributed by atoms with Gasteiger partial charge in [0.25, 0.3) is 0 Å². The number of carbonyl (C=O) groups excluding carboxylic acids is 1. The van der Waals surface area contributed by atoms with Gasteiger partial charge in [-0.15, -0.1) is 0 Å². The maximum absolute atomic E-state index is 11.9. The van der Waals surface area contributed by atoms with E-state index in [1.165, 1.54) is 12.8 Å². The van der Waals surface area contributed by atoms with E-state index in [2.05, 4.69) is 5.32 Å². The van der Waals surface area contributed by atoms with Gasteiger partial charge < -0.3 is 10.4 Å². The van der Waals surface area contributed by atoms with Crippen LogP contribution in [0.2, 0.25) is 0 Å². The van der Waals surface area contributed by atoms with Crippen LogP contribution in [0.4, 0.5) is 0 Å². The van der Waals surface area contributed by atoms with Gasteiger partial charge in [-0.2, -0.15) is 0 Å². The maximum atomic E-state index is 11.9. The second-order valence-corrected chi connectivity index (χ2v) is 4.29. The van der Waals surface area contributed by atoms with Crippen LogP contribution >= 0.6 is 0 Å². The fraction of sp³-hybridized carbons (Fsp3) is 0.462. The Bertz CT molecular complexity index is 370. The molecule has 1 unspecified atom stereocenters. The Morgan fingerprint density at radius 2 is 2.19 bits per heavy atom. The molecule has 0 bridgehead atoms. The number of piperidine rings is 1. The molecule has 3 heteroatoms. The van der Waals surface area contributed by atoms with Crippen LogP contribution < -0.4 is 5.32 Å². The summed E-state index contributed by atoms with van der Waals surface area (Å²) in [5, 5.41) is 12.9. The smallest absolute Gasteiger partial charge is 0.168 e. The van der Waals surface area contributed by atoms with Gasteiger partial charge in [0.1, 0.15) is 5.75 Å². The number of carbonyl (C=O) groups is 1. The third kappa shape index (κ3) is 2.61. The topological polar surface area (TPSA) is 49.3 Å². The largest absolute Gasteiger partial charge is 0.507 e. The van der Waals surface area contributed by atoms with Crippen molar-refractivity contribution in [2.24, 2.45) is 0 Å². The lowest BCUT2D eigenvalue weighted by molar-refractivity contribution is 0.0961. The predicted octanol–water partition coefficient (Wildman–Crippen LogP) is 2.11. The van der Waals surface area contributed by atoms with Crippen molar-refractivity contribution in [2.75, 3.05) is 6.54 Å². The molecule has 1 fully saturated rings. The van der Waals surface area contributed by atoms with Crippen molar-refractivity contribution in [3.63, 3.8) is 0 Å². The molecule has 3 nitrogen and oxygen atoms in total. The van der Waals surface area contributed by atoms with E-state index >= 15 is 0 Å². The number of rotatable bonds is 3. The molecular formula is C13H17NO2. The molecule has 1 aromatic carbocycles. The number of benzene rings is 1. The van der Waals surface area contributed by atoms with Crippen molar-refractivity contribution < 1.29 is 9.90 Å². The zero-order valence-electron chi connectivity index (χ0n) is 9.28. The second kappa shape index (κ2) is 5.12. The van der Waals surface area contributed by atoms with Crippen molar-refractivity contribution in [1.82, 2.24) is 5.32 Å². The van der Waals surface area contributed by atoms with E-state index in [0.29, 0.717) is 12.0 Å². The number of hydrogen-bond acceptors (Lipinski definition) is 3. The number of ketones is 1. The summed E-state index contributed by atoms with van der Waals surface area (Å²) in [6, 6.07) is 7.02. The molecular weight excluding hydrogens is 202 g/mol. The van der Waals surface area contributed by atoms with E-state index in [9.17, 15) is 9.90 Å². The van der Waals surface area contributed by atoms with E-state index < -0.39 is 0 Å². The number of nitrogens with one attached hydrogen (secondary N) is 1. The summed E-state index contributed by atoms with van der Waals surface area (Å²) in [5.41, 5.74) is 0.440. The Morgan fingerprint density at radius 3 is 2.88 bits per heavy atom. The third-order valence-corrected chi connectivity index (χ3v) is 3.05. The van der Waals surface area contributed by atoms with Crippen LogP contribution in [0.25, 0.3) is 0 Å². The lowest BCUT2D eigenvalue weighted by atomic mass is 9.97. The molecule has 16 heavy (non-hydrogen) atoms. The molecule has 2 rings (SSSR count). The summed E-state index contributed by atoms with van der Waals surface area (Å²) in [4.78, 5) is 11.9. The minimum absolute atomic E-state index is 0.0255. The van der Waals surface area contributed by atoms with Crippen LogP contribution in [-0.4, -0.2) is 23.5 Å². The summed E-state index contributed by atoms with van der Waals surface area (Å²) >= 11 is 0. The molecule has 0 amide bonds. The Morgan fingerprint density at radius 1 is 1.38 bits per heavy atom. The highest BCUT2D eigenvalue weighted by atomic mass is 16.3. The average molecular weight is 219 g/mol. The highest BCUT2D eigenvalue weighted by molar-refractivity contribution is 5.98. The van der Waals surface area contributed by atoms with Crippen LogP contribution in [0.15, 0.2) is 24.3 Å². The average Bonchev–Trinajstić information content (AvgIpc) is 2.31. The number of Topliss-reactive ketones (excluding diaryl/α,β-unsaturated/α-hetero) is 1. The molecule has 0 aliphatic carbocycles. The molecule has 1 atom stereocenters. The van der Waals surface area contributed by atoms with Gasteiger partial charge in [-0.3, -0.25) is 4.79 Å². The third-order valence-electron chi connectivity index (χ3n) is 3.05. The lowest BCUT2D eigenvalue weighted by Gasteiger charge is -2.22. The van der Waals surface area contributed by atoms with Crippen LogP contribution in [0, 0.1) is 0 Å². The van der Waals surface area contributed by atoms with Crippen LogP contribution in [0.3, 0.4) is 0 Å². The molecule has 0 aromatic heterocycles. The fourth-order valence-electron chi connectivity index (χ4n) is 2.14. The van der Waals surface area contributed by atoms with E-state index in [-0.39, 0.29) is 17.6 Å². The van der Waals surface area contributed by atoms with Gasteiger partial charge in [0.05, 0.1) is 5.56 Å². The summed E-state index contributed by atoms with van der Waals surface area (Å²) in [6.07, 6.45) is 3.92. The van der Waals surface area contributed by atoms with Gasteiger partial charge in [-0.05, 0) is 31.5 Å². The quantitative estimate of drug-likeness (QED) is 0.765. The van der Waals surface area contributed by atoms with Gasteiger partial charge in [0, 0.05) is 12.5 Å². The van der Waals surface area contributed by atoms with Crippen molar-refractivity contribution in [3.8, 4) is 5.75 Å². The summed E-state index contributed by atoms with van der Waals surface area (Å²) < 4.78 is 0. The molecule has 1 heterocycles. The predicted molar refractivity (Wildman–Crippen MR) is 62.7 cm³/mol. The first-order valence-corrected chi connectivity index (χ1v) is 5.82. The number of para-hydroxylation sites is 1. The Kier molecular flexibility index (Phi) is 3.57. The van der Waals surface area contributed by atoms with Crippen molar-refractivity contribution in [3.05, 3.63) is 29.8 Å². The highest BCUT2D eigenvalue weighted by Gasteiger charge is 2.18. The number of aromatic hydroxyl groups is 1. The van der Waals surface area contributed by atoms with E-state index in [0.717, 1.165) is 13.0 Å². The van der Waals surface area contributed by atoms with Crippen molar-refractivity contribution >= 4 is 5.78 Å². The van der Waals surface area contributed by atoms with Crippen molar-refractivity contribution in [1.29, 1.82) is 0 Å². The van der Waals surface area contributed by atoms with Crippen molar-refractivity contribution in [2.45, 2.75) is 31.7 Å². The van der Waals surface area contributed by atoms with Gasteiger partial charge in [0.15, 0.2) is 5.78 Å². The Hall–Kier alpha value is -1.35. The van der Waals surface area contributed by atoms with Gasteiger partial charge in [-0.1, -0.05) is 18.6 Å². The fourth-order valence-corrected chi connectivity index (χ4v) is 2.14. The zero-order chi connectivity index (χ0) is 11.4. The Labute approximate surface area is 95.5 Å². The van der Waals surface area contributed by atoms with Gasteiger partial charge >= 0.3 is 0 Å². The molecule has 1 aliphatic heterocycles. The Balaban J connectivity index is 2.00. The maximum Gasteiger partial charge on any atom is 0.168 e. The van der Waals surface area contributed by atoms with Crippen LogP contribution in [-0.2, 0) is 0 Å². The number of phenols is 1. The lowest BCUT2D eigenvalue weighted by Crippen LogP contribution is -2.35. The van der Waals surface area contributed by atoms with E-state index in [1.54, 1.807) is 24.3 Å². The second-order valence-electron chi connectivity index (χ2n) is 4.29. The molecule has 0 radical (unpaired) electrons. The van der Waals surface area contributed by atoms with E-state index in [4.69, 9.17) is 0 Å². The van der Waals surface area contributed by atoms with Gasteiger partial charge in [0.2, 0.25) is 0 Å². The first kappa shape index (κ1) is 11.1.